The van der Waals surface area contributed by atoms with Crippen LogP contribution < -0.4 is 10.3 Å². The van der Waals surface area contributed by atoms with Crippen LogP contribution >= 0.6 is 0 Å². The summed E-state index contributed by atoms with van der Waals surface area (Å²) in [4.78, 5) is 20.8. The van der Waals surface area contributed by atoms with Gasteiger partial charge in [-0.3, -0.25) is 9.36 Å². The summed E-state index contributed by atoms with van der Waals surface area (Å²) in [6.07, 6.45) is 0. The van der Waals surface area contributed by atoms with Crippen molar-refractivity contribution in [3.05, 3.63) is 82.4 Å². The van der Waals surface area contributed by atoms with Gasteiger partial charge in [0.25, 0.3) is 5.56 Å². The highest BCUT2D eigenvalue weighted by molar-refractivity contribution is 5.91. The predicted octanol–water partition coefficient (Wildman–Crippen LogP) is 3.87. The van der Waals surface area contributed by atoms with E-state index in [2.05, 4.69) is 9.97 Å². The molecule has 0 aliphatic carbocycles. The van der Waals surface area contributed by atoms with Crippen molar-refractivity contribution in [3.8, 4) is 23.0 Å². The molecule has 0 N–H and O–H groups in total. The Balaban J connectivity index is 2.17. The first kappa shape index (κ1) is 17.7. The maximum Gasteiger partial charge on any atom is 0.318 e. The van der Waals surface area contributed by atoms with E-state index in [1.165, 1.54) is 37.4 Å². The first-order valence-electron chi connectivity index (χ1n) is 8.18. The third-order valence-electron chi connectivity index (χ3n) is 4.20. The topological polar surface area (TPSA) is 57.0 Å². The van der Waals surface area contributed by atoms with E-state index in [4.69, 9.17) is 4.74 Å². The van der Waals surface area contributed by atoms with Gasteiger partial charge in [-0.1, -0.05) is 18.2 Å². The predicted molar refractivity (Wildman–Crippen MR) is 97.0 cm³/mol. The van der Waals surface area contributed by atoms with Gasteiger partial charge >= 0.3 is 6.01 Å². The molecule has 0 unspecified atom stereocenters. The Bertz CT molecular complexity index is 1250. The van der Waals surface area contributed by atoms with Gasteiger partial charge in [-0.15, -0.1) is 0 Å². The van der Waals surface area contributed by atoms with E-state index in [1.54, 1.807) is 6.07 Å². The Kier molecular flexibility index (Phi) is 4.31. The third-order valence-corrected chi connectivity index (χ3v) is 4.20. The lowest BCUT2D eigenvalue weighted by Crippen LogP contribution is -2.21. The fourth-order valence-corrected chi connectivity index (χ4v) is 2.96. The number of benzene rings is 2. The first-order chi connectivity index (χ1) is 13.5. The molecule has 0 atom stereocenters. The van der Waals surface area contributed by atoms with Crippen molar-refractivity contribution >= 4 is 11.0 Å². The average molecular weight is 383 g/mol. The Labute approximate surface area is 156 Å². The van der Waals surface area contributed by atoms with E-state index in [0.717, 1.165) is 22.8 Å². The first-order valence-corrected chi connectivity index (χ1v) is 8.18. The van der Waals surface area contributed by atoms with Crippen LogP contribution in [0.25, 0.3) is 28.0 Å². The summed E-state index contributed by atoms with van der Waals surface area (Å²) in [5, 5.41) is 0.230. The van der Waals surface area contributed by atoms with Gasteiger partial charge in [0.05, 0.1) is 12.8 Å². The van der Waals surface area contributed by atoms with Gasteiger partial charge in [0.2, 0.25) is 0 Å². The Morgan fingerprint density at radius 3 is 2.21 bits per heavy atom. The van der Waals surface area contributed by atoms with Crippen molar-refractivity contribution in [2.75, 3.05) is 7.11 Å². The van der Waals surface area contributed by atoms with E-state index in [-0.39, 0.29) is 28.3 Å². The van der Waals surface area contributed by atoms with Gasteiger partial charge < -0.3 is 4.74 Å². The molecule has 2 heterocycles. The minimum absolute atomic E-state index is 0.110. The smallest absolute Gasteiger partial charge is 0.318 e. The average Bonchev–Trinajstić information content (AvgIpc) is 2.69. The molecule has 0 amide bonds. The number of ether oxygens (including phenoxy) is 1. The largest absolute Gasteiger partial charge is 0.467 e. The Hall–Kier alpha value is -3.68. The summed E-state index contributed by atoms with van der Waals surface area (Å²) in [6, 6.07) is 11.4. The van der Waals surface area contributed by atoms with Crippen LogP contribution in [0.3, 0.4) is 0 Å². The molecule has 8 heteroatoms. The molecule has 4 rings (SSSR count). The molecule has 0 fully saturated rings. The minimum Gasteiger partial charge on any atom is -0.467 e. The van der Waals surface area contributed by atoms with Crippen molar-refractivity contribution in [1.29, 1.82) is 0 Å². The van der Waals surface area contributed by atoms with Crippen molar-refractivity contribution in [2.45, 2.75) is 0 Å². The Morgan fingerprint density at radius 1 is 0.857 bits per heavy atom. The molecule has 0 bridgehead atoms. The summed E-state index contributed by atoms with van der Waals surface area (Å²) in [7, 11) is 1.29. The monoisotopic (exact) mass is 383 g/mol. The van der Waals surface area contributed by atoms with Crippen LogP contribution in [-0.4, -0.2) is 21.6 Å². The van der Waals surface area contributed by atoms with Crippen LogP contribution in [0.1, 0.15) is 0 Å². The van der Waals surface area contributed by atoms with Crippen LogP contribution in [0.4, 0.5) is 13.2 Å². The van der Waals surface area contributed by atoms with Gasteiger partial charge in [0.1, 0.15) is 23.1 Å². The fraction of sp³-hybridized carbons (Fsp3) is 0.0500. The number of aromatic nitrogens is 3. The molecule has 0 aliphatic heterocycles. The SMILES string of the molecule is COc1nc(-c2ccccc2F)c2ccc(=O)n(-c3c(F)cccc3F)c2n1. The summed E-state index contributed by atoms with van der Waals surface area (Å²) in [5.74, 6) is -2.45. The van der Waals surface area contributed by atoms with E-state index >= 15 is 0 Å². The highest BCUT2D eigenvalue weighted by atomic mass is 19.1. The van der Waals surface area contributed by atoms with Crippen LogP contribution in [0, 0.1) is 17.5 Å². The number of pyridine rings is 1. The van der Waals surface area contributed by atoms with Gasteiger partial charge in [-0.2, -0.15) is 9.97 Å². The van der Waals surface area contributed by atoms with Gasteiger partial charge in [0, 0.05) is 17.0 Å². The van der Waals surface area contributed by atoms with Crippen LogP contribution in [0.15, 0.2) is 59.4 Å². The summed E-state index contributed by atoms with van der Waals surface area (Å²) < 4.78 is 49.0. The Morgan fingerprint density at radius 2 is 1.54 bits per heavy atom. The zero-order valence-corrected chi connectivity index (χ0v) is 14.5. The molecule has 140 valence electrons. The second-order valence-corrected chi connectivity index (χ2v) is 5.85. The number of hydrogen-bond acceptors (Lipinski definition) is 4. The number of para-hydroxylation sites is 1. The third kappa shape index (κ3) is 2.79. The van der Waals surface area contributed by atoms with E-state index in [0.29, 0.717) is 0 Å². The molecular weight excluding hydrogens is 371 g/mol. The molecule has 2 aromatic carbocycles. The highest BCUT2D eigenvalue weighted by Gasteiger charge is 2.20. The second kappa shape index (κ2) is 6.80. The van der Waals surface area contributed by atoms with Crippen LogP contribution in [0.2, 0.25) is 0 Å². The zero-order valence-electron chi connectivity index (χ0n) is 14.5. The molecule has 28 heavy (non-hydrogen) atoms. The number of hydrogen-bond donors (Lipinski definition) is 0. The maximum absolute atomic E-state index is 14.4. The van der Waals surface area contributed by atoms with Crippen molar-refractivity contribution in [1.82, 2.24) is 14.5 Å². The normalized spacial score (nSPS) is 11.0. The highest BCUT2D eigenvalue weighted by Crippen LogP contribution is 2.30. The van der Waals surface area contributed by atoms with Crippen molar-refractivity contribution < 1.29 is 17.9 Å². The van der Waals surface area contributed by atoms with E-state index < -0.39 is 28.7 Å². The standard InChI is InChI=1S/C20H12F3N3O2/c1-28-20-24-17(11-5-2-3-6-13(11)21)12-9-10-16(27)26(19(12)25-20)18-14(22)7-4-8-15(18)23/h2-10H,1H3. The molecule has 0 aliphatic rings. The number of halogens is 3. The van der Waals surface area contributed by atoms with Crippen molar-refractivity contribution in [2.24, 2.45) is 0 Å². The number of rotatable bonds is 3. The molecular formula is C20H12F3N3O2. The van der Waals surface area contributed by atoms with Gasteiger partial charge in [-0.25, -0.2) is 13.2 Å². The van der Waals surface area contributed by atoms with Gasteiger partial charge in [0.15, 0.2) is 5.65 Å². The number of fused-ring (bicyclic) bond motifs is 1. The minimum atomic E-state index is -0.945. The quantitative estimate of drug-likeness (QED) is 0.539. The lowest BCUT2D eigenvalue weighted by molar-refractivity contribution is 0.381. The lowest BCUT2D eigenvalue weighted by Gasteiger charge is -2.14. The molecule has 0 spiro atoms. The maximum atomic E-state index is 14.4. The number of nitrogens with zero attached hydrogens (tertiary/aromatic N) is 3. The van der Waals surface area contributed by atoms with E-state index in [9.17, 15) is 18.0 Å². The summed E-state index contributed by atoms with van der Waals surface area (Å²) in [6.45, 7) is 0. The molecule has 5 nitrogen and oxygen atoms in total. The second-order valence-electron chi connectivity index (χ2n) is 5.85. The molecule has 0 saturated heterocycles. The van der Waals surface area contributed by atoms with Crippen molar-refractivity contribution in [3.63, 3.8) is 0 Å². The lowest BCUT2D eigenvalue weighted by atomic mass is 10.1. The molecule has 0 saturated carbocycles. The summed E-state index contributed by atoms with van der Waals surface area (Å²) >= 11 is 0. The summed E-state index contributed by atoms with van der Waals surface area (Å²) in [5.41, 5.74) is -1.14. The molecule has 4 aromatic rings. The zero-order chi connectivity index (χ0) is 19.8. The molecule has 0 radical (unpaired) electrons. The molecule has 2 aromatic heterocycles. The van der Waals surface area contributed by atoms with Gasteiger partial charge in [-0.05, 0) is 30.3 Å². The van der Waals surface area contributed by atoms with Crippen LogP contribution in [-0.2, 0) is 0 Å². The van der Waals surface area contributed by atoms with E-state index in [1.807, 2.05) is 0 Å². The number of methoxy groups -OCH3 is 1. The fourth-order valence-electron chi connectivity index (χ4n) is 2.96. The van der Waals surface area contributed by atoms with Crippen LogP contribution in [0.5, 0.6) is 6.01 Å².